The highest BCUT2D eigenvalue weighted by molar-refractivity contribution is 6.42. The molecule has 1 aliphatic rings. The van der Waals surface area contributed by atoms with Gasteiger partial charge in [-0.15, -0.1) is 0 Å². The van der Waals surface area contributed by atoms with Crippen LogP contribution in [0.1, 0.15) is 36.2 Å². The van der Waals surface area contributed by atoms with Crippen molar-refractivity contribution in [2.75, 3.05) is 20.2 Å². The SMILES string of the molecule is CN(CC[C@@H]1CCCCO1)C(=O)C(=O)c1cccn1C. The number of carbonyl (C=O) groups is 2. The first-order valence-electron chi connectivity index (χ1n) is 7.12. The van der Waals surface area contributed by atoms with Crippen LogP contribution in [0, 0.1) is 0 Å². The van der Waals surface area contributed by atoms with Crippen LogP contribution in [0.15, 0.2) is 18.3 Å². The Kier molecular flexibility index (Phi) is 4.95. The van der Waals surface area contributed by atoms with Gasteiger partial charge in [0.15, 0.2) is 0 Å². The Labute approximate surface area is 119 Å². The number of Topliss-reactive ketones (excluding diaryl/α,β-unsaturated/α-hetero) is 1. The number of ketones is 1. The maximum atomic E-state index is 12.1. The summed E-state index contributed by atoms with van der Waals surface area (Å²) in [6, 6.07) is 3.43. The Morgan fingerprint density at radius 2 is 2.25 bits per heavy atom. The van der Waals surface area contributed by atoms with E-state index < -0.39 is 11.7 Å². The van der Waals surface area contributed by atoms with Crippen LogP contribution in [0.5, 0.6) is 0 Å². The van der Waals surface area contributed by atoms with Crippen molar-refractivity contribution < 1.29 is 14.3 Å². The van der Waals surface area contributed by atoms with Crippen molar-refractivity contribution in [3.63, 3.8) is 0 Å². The fraction of sp³-hybridized carbons (Fsp3) is 0.600. The molecule has 0 aliphatic carbocycles. The summed E-state index contributed by atoms with van der Waals surface area (Å²) in [5.74, 6) is -0.910. The Morgan fingerprint density at radius 3 is 2.85 bits per heavy atom. The van der Waals surface area contributed by atoms with Gasteiger partial charge in [-0.25, -0.2) is 0 Å². The van der Waals surface area contributed by atoms with Gasteiger partial charge in [-0.2, -0.15) is 0 Å². The van der Waals surface area contributed by atoms with Crippen molar-refractivity contribution in [3.8, 4) is 0 Å². The van der Waals surface area contributed by atoms with Crippen molar-refractivity contribution in [2.24, 2.45) is 7.05 Å². The van der Waals surface area contributed by atoms with E-state index in [9.17, 15) is 9.59 Å². The average Bonchev–Trinajstić information content (AvgIpc) is 2.90. The number of rotatable bonds is 5. The molecule has 0 saturated carbocycles. The molecule has 1 aromatic rings. The van der Waals surface area contributed by atoms with Crippen LogP contribution in [-0.4, -0.2) is 47.5 Å². The molecule has 5 heteroatoms. The van der Waals surface area contributed by atoms with Crippen molar-refractivity contribution in [1.29, 1.82) is 0 Å². The zero-order chi connectivity index (χ0) is 14.5. The molecule has 0 spiro atoms. The van der Waals surface area contributed by atoms with Gasteiger partial charge in [-0.3, -0.25) is 9.59 Å². The van der Waals surface area contributed by atoms with E-state index in [-0.39, 0.29) is 6.10 Å². The van der Waals surface area contributed by atoms with E-state index in [4.69, 9.17) is 4.74 Å². The summed E-state index contributed by atoms with van der Waals surface area (Å²) in [5, 5.41) is 0. The van der Waals surface area contributed by atoms with E-state index in [1.165, 1.54) is 11.3 Å². The zero-order valence-electron chi connectivity index (χ0n) is 12.2. The molecule has 2 rings (SSSR count). The smallest absolute Gasteiger partial charge is 0.296 e. The molecular weight excluding hydrogens is 256 g/mol. The summed E-state index contributed by atoms with van der Waals surface area (Å²) in [7, 11) is 3.43. The zero-order valence-corrected chi connectivity index (χ0v) is 12.2. The molecule has 1 saturated heterocycles. The maximum absolute atomic E-state index is 12.1. The highest BCUT2D eigenvalue weighted by atomic mass is 16.5. The van der Waals surface area contributed by atoms with E-state index >= 15 is 0 Å². The lowest BCUT2D eigenvalue weighted by molar-refractivity contribution is -0.125. The Balaban J connectivity index is 1.85. The molecule has 2 heterocycles. The Morgan fingerprint density at radius 1 is 1.45 bits per heavy atom. The van der Waals surface area contributed by atoms with Crippen LogP contribution in [0.4, 0.5) is 0 Å². The minimum atomic E-state index is -0.456. The van der Waals surface area contributed by atoms with Crippen LogP contribution >= 0.6 is 0 Å². The van der Waals surface area contributed by atoms with Crippen molar-refractivity contribution in [3.05, 3.63) is 24.0 Å². The molecule has 1 aromatic heterocycles. The fourth-order valence-electron chi connectivity index (χ4n) is 2.45. The van der Waals surface area contributed by atoms with Crippen LogP contribution in [0.2, 0.25) is 0 Å². The largest absolute Gasteiger partial charge is 0.378 e. The van der Waals surface area contributed by atoms with Crippen molar-refractivity contribution >= 4 is 11.7 Å². The van der Waals surface area contributed by atoms with E-state index in [1.807, 2.05) is 0 Å². The lowest BCUT2D eigenvalue weighted by atomic mass is 10.1. The van der Waals surface area contributed by atoms with Gasteiger partial charge in [0.25, 0.3) is 11.7 Å². The second-order valence-corrected chi connectivity index (χ2v) is 5.34. The number of aryl methyl sites for hydroxylation is 1. The van der Waals surface area contributed by atoms with E-state index in [1.54, 1.807) is 37.0 Å². The third kappa shape index (κ3) is 3.48. The van der Waals surface area contributed by atoms with Gasteiger partial charge >= 0.3 is 0 Å². The second-order valence-electron chi connectivity index (χ2n) is 5.34. The summed E-state index contributed by atoms with van der Waals surface area (Å²) < 4.78 is 7.30. The van der Waals surface area contributed by atoms with Gasteiger partial charge in [0.1, 0.15) is 0 Å². The number of aromatic nitrogens is 1. The number of amides is 1. The van der Waals surface area contributed by atoms with Crippen molar-refractivity contribution in [1.82, 2.24) is 9.47 Å². The molecule has 110 valence electrons. The number of nitrogens with zero attached hydrogens (tertiary/aromatic N) is 2. The summed E-state index contributed by atoms with van der Waals surface area (Å²) in [6.45, 7) is 1.37. The van der Waals surface area contributed by atoms with Crippen LogP contribution in [0.3, 0.4) is 0 Å². The molecule has 1 fully saturated rings. The summed E-state index contributed by atoms with van der Waals surface area (Å²) in [5.41, 5.74) is 0.427. The first-order chi connectivity index (χ1) is 9.59. The van der Waals surface area contributed by atoms with Gasteiger partial charge < -0.3 is 14.2 Å². The molecule has 0 unspecified atom stereocenters. The number of carbonyl (C=O) groups excluding carboxylic acids is 2. The fourth-order valence-corrected chi connectivity index (χ4v) is 2.45. The second kappa shape index (κ2) is 6.70. The molecule has 0 radical (unpaired) electrons. The first-order valence-corrected chi connectivity index (χ1v) is 7.12. The van der Waals surface area contributed by atoms with Gasteiger partial charge in [0.05, 0.1) is 11.8 Å². The maximum Gasteiger partial charge on any atom is 0.296 e. The number of likely N-dealkylation sites (N-methyl/N-ethyl adjacent to an activating group) is 1. The molecule has 5 nitrogen and oxygen atoms in total. The van der Waals surface area contributed by atoms with Gasteiger partial charge in [0.2, 0.25) is 0 Å². The summed E-state index contributed by atoms with van der Waals surface area (Å²) >= 11 is 0. The molecule has 0 bridgehead atoms. The monoisotopic (exact) mass is 278 g/mol. The number of ether oxygens (including phenoxy) is 1. The number of hydrogen-bond donors (Lipinski definition) is 0. The van der Waals surface area contributed by atoms with Crippen molar-refractivity contribution in [2.45, 2.75) is 31.8 Å². The average molecular weight is 278 g/mol. The highest BCUT2D eigenvalue weighted by Gasteiger charge is 2.23. The van der Waals surface area contributed by atoms with Gasteiger partial charge in [-0.1, -0.05) is 0 Å². The molecule has 1 aliphatic heterocycles. The molecule has 1 atom stereocenters. The standard InChI is InChI=1S/C15H22N2O3/c1-16-9-5-7-13(16)14(18)15(19)17(2)10-8-12-6-3-4-11-20-12/h5,7,9,12H,3-4,6,8,10-11H2,1-2H3/t12-/m0/s1. The topological polar surface area (TPSA) is 51.5 Å². The number of hydrogen-bond acceptors (Lipinski definition) is 3. The van der Waals surface area contributed by atoms with Gasteiger partial charge in [0, 0.05) is 33.4 Å². The third-order valence-electron chi connectivity index (χ3n) is 3.78. The highest BCUT2D eigenvalue weighted by Crippen LogP contribution is 2.16. The minimum absolute atomic E-state index is 0.226. The lowest BCUT2D eigenvalue weighted by Crippen LogP contribution is -2.36. The van der Waals surface area contributed by atoms with Crippen LogP contribution in [-0.2, 0) is 16.6 Å². The Hall–Kier alpha value is -1.62. The van der Waals surface area contributed by atoms with Gasteiger partial charge in [-0.05, 0) is 37.8 Å². The Bertz CT molecular complexity index is 475. The third-order valence-corrected chi connectivity index (χ3v) is 3.78. The summed E-state index contributed by atoms with van der Waals surface area (Å²) in [4.78, 5) is 25.7. The van der Waals surface area contributed by atoms with E-state index in [0.717, 1.165) is 25.9 Å². The van der Waals surface area contributed by atoms with E-state index in [2.05, 4.69) is 0 Å². The van der Waals surface area contributed by atoms with Crippen LogP contribution < -0.4 is 0 Å². The predicted molar refractivity (Wildman–Crippen MR) is 75.6 cm³/mol. The predicted octanol–water partition coefficient (Wildman–Crippen LogP) is 1.63. The quantitative estimate of drug-likeness (QED) is 0.607. The minimum Gasteiger partial charge on any atom is -0.378 e. The first kappa shape index (κ1) is 14.8. The van der Waals surface area contributed by atoms with Crippen LogP contribution in [0.25, 0.3) is 0 Å². The summed E-state index contributed by atoms with van der Waals surface area (Å²) in [6.07, 6.45) is 6.14. The molecule has 0 N–H and O–H groups in total. The lowest BCUT2D eigenvalue weighted by Gasteiger charge is -2.25. The molecule has 0 aromatic carbocycles. The molecular formula is C15H22N2O3. The molecule has 1 amide bonds. The normalized spacial score (nSPS) is 18.8. The van der Waals surface area contributed by atoms with E-state index in [0.29, 0.717) is 12.2 Å². The molecule has 20 heavy (non-hydrogen) atoms.